The van der Waals surface area contributed by atoms with Gasteiger partial charge in [-0.2, -0.15) is 0 Å². The Morgan fingerprint density at radius 3 is 2.70 bits per heavy atom. The minimum Gasteiger partial charge on any atom is -0.381 e. The molecule has 2 aliphatic heterocycles. The van der Waals surface area contributed by atoms with Crippen LogP contribution in [0.2, 0.25) is 0 Å². The van der Waals surface area contributed by atoms with Crippen molar-refractivity contribution in [1.29, 1.82) is 0 Å². The Labute approximate surface area is 139 Å². The van der Waals surface area contributed by atoms with Gasteiger partial charge < -0.3 is 15.0 Å². The van der Waals surface area contributed by atoms with Gasteiger partial charge in [0.1, 0.15) is 0 Å². The maximum absolute atomic E-state index is 11.4. The Balaban J connectivity index is 2.03. The molecule has 2 aliphatic rings. The molecule has 23 heavy (non-hydrogen) atoms. The third-order valence-corrected chi connectivity index (χ3v) is 5.27. The number of sulfonamides is 1. The number of guanidine groups is 1. The van der Waals surface area contributed by atoms with Gasteiger partial charge in [-0.05, 0) is 33.6 Å². The molecule has 0 aromatic carbocycles. The van der Waals surface area contributed by atoms with Gasteiger partial charge in [0.25, 0.3) is 0 Å². The standard InChI is InChI=1S/C15H30N4O3S/c1-5-16-13(17-10-14(2,3)18-23(4,20)21)19-8-6-15(11-19)7-9-22-12-15/h18H,5-12H2,1-4H3,(H,16,17). The van der Waals surface area contributed by atoms with Gasteiger partial charge in [0.15, 0.2) is 5.96 Å². The van der Waals surface area contributed by atoms with Gasteiger partial charge in [0, 0.05) is 37.2 Å². The van der Waals surface area contributed by atoms with Crippen LogP contribution in [-0.4, -0.2) is 70.5 Å². The Kier molecular flexibility index (Phi) is 5.58. The van der Waals surface area contributed by atoms with E-state index in [9.17, 15) is 8.42 Å². The second-order valence-electron chi connectivity index (χ2n) is 7.40. The van der Waals surface area contributed by atoms with Crippen molar-refractivity contribution in [2.45, 2.75) is 39.2 Å². The molecule has 0 aliphatic carbocycles. The van der Waals surface area contributed by atoms with Gasteiger partial charge in [0.2, 0.25) is 10.0 Å². The first-order valence-electron chi connectivity index (χ1n) is 8.25. The molecular weight excluding hydrogens is 316 g/mol. The fourth-order valence-corrected chi connectivity index (χ4v) is 4.39. The molecule has 2 heterocycles. The first-order chi connectivity index (χ1) is 10.6. The molecule has 1 spiro atoms. The van der Waals surface area contributed by atoms with Crippen LogP contribution in [0.4, 0.5) is 0 Å². The smallest absolute Gasteiger partial charge is 0.209 e. The summed E-state index contributed by atoms with van der Waals surface area (Å²) < 4.78 is 31.1. The third kappa shape index (κ3) is 5.32. The highest BCUT2D eigenvalue weighted by Gasteiger charge is 2.42. The van der Waals surface area contributed by atoms with Crippen molar-refractivity contribution in [1.82, 2.24) is 14.9 Å². The summed E-state index contributed by atoms with van der Waals surface area (Å²) in [5.41, 5.74) is -0.334. The van der Waals surface area contributed by atoms with E-state index in [0.29, 0.717) is 6.54 Å². The van der Waals surface area contributed by atoms with E-state index >= 15 is 0 Å². The molecular formula is C15H30N4O3S. The van der Waals surface area contributed by atoms with Crippen LogP contribution in [0.1, 0.15) is 33.6 Å². The number of ether oxygens (including phenoxy) is 1. The van der Waals surface area contributed by atoms with Gasteiger partial charge in [-0.15, -0.1) is 0 Å². The van der Waals surface area contributed by atoms with Gasteiger partial charge in [-0.25, -0.2) is 13.1 Å². The highest BCUT2D eigenvalue weighted by molar-refractivity contribution is 7.88. The molecule has 2 rings (SSSR count). The van der Waals surface area contributed by atoms with Crippen molar-refractivity contribution in [2.75, 3.05) is 45.6 Å². The summed E-state index contributed by atoms with van der Waals surface area (Å²) in [6, 6.07) is 0. The van der Waals surface area contributed by atoms with Crippen LogP contribution in [0.15, 0.2) is 4.99 Å². The van der Waals surface area contributed by atoms with Crippen molar-refractivity contribution in [2.24, 2.45) is 10.4 Å². The quantitative estimate of drug-likeness (QED) is 0.556. The van der Waals surface area contributed by atoms with Gasteiger partial charge in [0.05, 0.1) is 19.4 Å². The van der Waals surface area contributed by atoms with Crippen molar-refractivity contribution < 1.29 is 13.2 Å². The number of rotatable bonds is 5. The minimum absolute atomic E-state index is 0.275. The molecule has 2 saturated heterocycles. The number of nitrogens with zero attached hydrogens (tertiary/aromatic N) is 2. The fourth-order valence-electron chi connectivity index (χ4n) is 3.32. The molecule has 134 valence electrons. The molecule has 2 fully saturated rings. The van der Waals surface area contributed by atoms with Gasteiger partial charge >= 0.3 is 0 Å². The van der Waals surface area contributed by atoms with Crippen LogP contribution in [0.5, 0.6) is 0 Å². The monoisotopic (exact) mass is 346 g/mol. The van der Waals surface area contributed by atoms with Crippen LogP contribution in [0, 0.1) is 5.41 Å². The molecule has 1 atom stereocenters. The van der Waals surface area contributed by atoms with E-state index in [1.54, 1.807) is 0 Å². The minimum atomic E-state index is -3.25. The summed E-state index contributed by atoms with van der Waals surface area (Å²) in [7, 11) is -3.25. The Morgan fingerprint density at radius 1 is 1.39 bits per heavy atom. The zero-order chi connectivity index (χ0) is 17.1. The van der Waals surface area contributed by atoms with E-state index in [2.05, 4.69) is 19.9 Å². The molecule has 0 bridgehead atoms. The third-order valence-electron chi connectivity index (χ3n) is 4.34. The molecule has 1 unspecified atom stereocenters. The molecule has 2 N–H and O–H groups in total. The Bertz CT molecular complexity index is 539. The van der Waals surface area contributed by atoms with Crippen LogP contribution in [0.25, 0.3) is 0 Å². The van der Waals surface area contributed by atoms with Crippen LogP contribution in [0.3, 0.4) is 0 Å². The van der Waals surface area contributed by atoms with Gasteiger partial charge in [-0.3, -0.25) is 4.99 Å². The predicted molar refractivity (Wildman–Crippen MR) is 92.1 cm³/mol. The first kappa shape index (κ1) is 18.5. The normalized spacial score (nSPS) is 26.3. The molecule has 7 nitrogen and oxygen atoms in total. The lowest BCUT2D eigenvalue weighted by Gasteiger charge is -2.27. The molecule has 0 aromatic rings. The largest absolute Gasteiger partial charge is 0.381 e. The lowest BCUT2D eigenvalue weighted by atomic mass is 9.87. The number of aliphatic imine (C=N–C) groups is 1. The van der Waals surface area contributed by atoms with E-state index < -0.39 is 15.6 Å². The lowest BCUT2D eigenvalue weighted by Crippen LogP contribution is -2.47. The van der Waals surface area contributed by atoms with Crippen molar-refractivity contribution in [3.05, 3.63) is 0 Å². The fraction of sp³-hybridized carbons (Fsp3) is 0.933. The highest BCUT2D eigenvalue weighted by atomic mass is 32.2. The number of hydrogen-bond acceptors (Lipinski definition) is 4. The zero-order valence-electron chi connectivity index (χ0n) is 14.7. The predicted octanol–water partition coefficient (Wildman–Crippen LogP) is 0.392. The van der Waals surface area contributed by atoms with Crippen molar-refractivity contribution in [3.8, 4) is 0 Å². The Morgan fingerprint density at radius 2 is 2.13 bits per heavy atom. The van der Waals surface area contributed by atoms with Crippen LogP contribution in [-0.2, 0) is 14.8 Å². The lowest BCUT2D eigenvalue weighted by molar-refractivity contribution is 0.156. The molecule has 0 amide bonds. The van der Waals surface area contributed by atoms with Gasteiger partial charge in [-0.1, -0.05) is 0 Å². The van der Waals surface area contributed by atoms with Crippen molar-refractivity contribution >= 4 is 16.0 Å². The molecule has 0 radical (unpaired) electrons. The average Bonchev–Trinajstić information content (AvgIpc) is 3.03. The summed E-state index contributed by atoms with van der Waals surface area (Å²) in [5, 5.41) is 3.32. The second-order valence-corrected chi connectivity index (χ2v) is 9.15. The summed E-state index contributed by atoms with van der Waals surface area (Å²) in [4.78, 5) is 6.94. The van der Waals surface area contributed by atoms with E-state index in [4.69, 9.17) is 4.74 Å². The Hall–Kier alpha value is -0.860. The first-order valence-corrected chi connectivity index (χ1v) is 10.1. The number of likely N-dealkylation sites (tertiary alicyclic amines) is 1. The average molecular weight is 346 g/mol. The van der Waals surface area contributed by atoms with Crippen molar-refractivity contribution in [3.63, 3.8) is 0 Å². The number of nitrogens with one attached hydrogen (secondary N) is 2. The topological polar surface area (TPSA) is 83.0 Å². The second kappa shape index (κ2) is 6.94. The highest BCUT2D eigenvalue weighted by Crippen LogP contribution is 2.38. The zero-order valence-corrected chi connectivity index (χ0v) is 15.5. The van der Waals surface area contributed by atoms with E-state index in [1.807, 2.05) is 20.8 Å². The summed E-state index contributed by atoms with van der Waals surface area (Å²) in [6.07, 6.45) is 3.42. The van der Waals surface area contributed by atoms with Crippen LogP contribution >= 0.6 is 0 Å². The molecule has 8 heteroatoms. The van der Waals surface area contributed by atoms with E-state index in [1.165, 1.54) is 6.26 Å². The van der Waals surface area contributed by atoms with Crippen LogP contribution < -0.4 is 10.0 Å². The number of hydrogen-bond donors (Lipinski definition) is 2. The van der Waals surface area contributed by atoms with E-state index in [-0.39, 0.29) is 5.41 Å². The summed E-state index contributed by atoms with van der Waals surface area (Å²) in [5.74, 6) is 0.861. The summed E-state index contributed by atoms with van der Waals surface area (Å²) >= 11 is 0. The van der Waals surface area contributed by atoms with E-state index in [0.717, 1.165) is 51.6 Å². The summed E-state index contributed by atoms with van der Waals surface area (Å²) in [6.45, 7) is 10.5. The molecule has 0 saturated carbocycles. The maximum Gasteiger partial charge on any atom is 0.209 e. The molecule has 0 aromatic heterocycles. The maximum atomic E-state index is 11.4. The SMILES string of the molecule is CCNC(=NCC(C)(C)NS(C)(=O)=O)N1CCC2(CCOC2)C1.